The minimum Gasteiger partial charge on any atom is -0.385 e. The first-order valence-electron chi connectivity index (χ1n) is 14.9. The maximum Gasteiger partial charge on any atom is 0.103 e. The number of rotatable bonds is 10. The summed E-state index contributed by atoms with van der Waals surface area (Å²) in [6.45, 7) is 8.32. The number of likely N-dealkylation sites (tertiary alicyclic amines) is 1. The minimum absolute atomic E-state index is 0.678. The second-order valence-electron chi connectivity index (χ2n) is 11.2. The van der Waals surface area contributed by atoms with E-state index in [1.54, 1.807) is 0 Å². The summed E-state index contributed by atoms with van der Waals surface area (Å²) in [5.74, 6) is 1.68. The van der Waals surface area contributed by atoms with E-state index in [-0.39, 0.29) is 0 Å². The van der Waals surface area contributed by atoms with Gasteiger partial charge in [-0.3, -0.25) is 4.99 Å². The van der Waals surface area contributed by atoms with E-state index in [9.17, 15) is 0 Å². The number of aliphatic imine (C=N–C) groups is 1. The summed E-state index contributed by atoms with van der Waals surface area (Å²) in [7, 11) is 0. The molecule has 0 atom stereocenters. The Kier molecular flexibility index (Phi) is 11.4. The van der Waals surface area contributed by atoms with Crippen LogP contribution >= 0.6 is 0 Å². The van der Waals surface area contributed by atoms with E-state index in [1.165, 1.54) is 86.6 Å². The summed E-state index contributed by atoms with van der Waals surface area (Å²) in [5, 5.41) is 10.7. The van der Waals surface area contributed by atoms with E-state index in [2.05, 4.69) is 58.1 Å². The van der Waals surface area contributed by atoms with Gasteiger partial charge < -0.3 is 26.6 Å². The zero-order valence-corrected chi connectivity index (χ0v) is 23.2. The molecule has 0 spiro atoms. The Hall–Kier alpha value is -2.31. The SMILES string of the molecule is C/C1=C(N2CCCCCC2)/C=C(/N)NC(=NCc2ccc(CNCCCNC3CCCCC3)cc2)CC1. The first-order valence-corrected chi connectivity index (χ1v) is 14.9. The van der Waals surface area contributed by atoms with Crippen LogP contribution in [-0.4, -0.2) is 43.0 Å². The largest absolute Gasteiger partial charge is 0.385 e. The van der Waals surface area contributed by atoms with Crippen LogP contribution in [0.2, 0.25) is 0 Å². The van der Waals surface area contributed by atoms with Gasteiger partial charge in [-0.15, -0.1) is 0 Å². The Balaban J connectivity index is 1.18. The molecule has 1 saturated heterocycles. The number of nitrogens with one attached hydrogen (secondary N) is 3. The Labute approximate surface area is 225 Å². The van der Waals surface area contributed by atoms with E-state index in [0.29, 0.717) is 12.4 Å². The van der Waals surface area contributed by atoms with Gasteiger partial charge in [-0.25, -0.2) is 0 Å². The molecule has 0 unspecified atom stereocenters. The molecule has 1 aromatic rings. The van der Waals surface area contributed by atoms with Gasteiger partial charge in [0.15, 0.2) is 0 Å². The number of amidine groups is 1. The Morgan fingerprint density at radius 1 is 0.919 bits per heavy atom. The van der Waals surface area contributed by atoms with Gasteiger partial charge in [0.2, 0.25) is 0 Å². The third kappa shape index (κ3) is 9.50. The number of nitrogens with two attached hydrogens (primary N) is 1. The fourth-order valence-corrected chi connectivity index (χ4v) is 5.77. The fraction of sp³-hybridized carbons (Fsp3) is 0.645. The zero-order chi connectivity index (χ0) is 25.7. The molecule has 1 aromatic carbocycles. The number of nitrogens with zero attached hydrogens (tertiary/aromatic N) is 2. The van der Waals surface area contributed by atoms with Crippen molar-refractivity contribution in [3.05, 3.63) is 58.6 Å². The van der Waals surface area contributed by atoms with Crippen LogP contribution in [0.5, 0.6) is 0 Å². The summed E-state index contributed by atoms with van der Waals surface area (Å²) >= 11 is 0. The molecule has 6 nitrogen and oxygen atoms in total. The second kappa shape index (κ2) is 15.2. The van der Waals surface area contributed by atoms with Gasteiger partial charge in [0.1, 0.15) is 11.7 Å². The molecular formula is C31H50N6. The predicted octanol–water partition coefficient (Wildman–Crippen LogP) is 5.32. The lowest BCUT2D eigenvalue weighted by atomic mass is 9.95. The lowest BCUT2D eigenvalue weighted by Gasteiger charge is -2.28. The number of allylic oxidation sites excluding steroid dienone is 2. The highest BCUT2D eigenvalue weighted by atomic mass is 15.1. The molecule has 37 heavy (non-hydrogen) atoms. The molecule has 4 rings (SSSR count). The van der Waals surface area contributed by atoms with Crippen molar-refractivity contribution >= 4 is 5.84 Å². The average molecular weight is 507 g/mol. The van der Waals surface area contributed by atoms with Crippen LogP contribution in [0.15, 0.2) is 52.4 Å². The van der Waals surface area contributed by atoms with Gasteiger partial charge in [-0.2, -0.15) is 0 Å². The van der Waals surface area contributed by atoms with Crippen molar-refractivity contribution in [1.82, 2.24) is 20.9 Å². The molecule has 1 saturated carbocycles. The lowest BCUT2D eigenvalue weighted by Crippen LogP contribution is -2.33. The topological polar surface area (TPSA) is 77.7 Å². The zero-order valence-electron chi connectivity index (χ0n) is 23.2. The van der Waals surface area contributed by atoms with Crippen molar-refractivity contribution in [2.24, 2.45) is 10.7 Å². The Morgan fingerprint density at radius 3 is 2.38 bits per heavy atom. The molecule has 2 fully saturated rings. The molecule has 0 radical (unpaired) electrons. The standard InChI is InChI=1S/C31H50N6/c1-25-12-17-31(36-30(32)22-29(25)37-20-7-2-3-8-21-37)35-24-27-15-13-26(14-16-27)23-33-18-9-19-34-28-10-5-4-6-11-28/h13-16,22,28,33-34H,2-12,17-21,23-24,32H2,1H3,(H,35,36)/b29-25+,30-22-. The highest BCUT2D eigenvalue weighted by Gasteiger charge is 2.17. The molecule has 6 heteroatoms. The van der Waals surface area contributed by atoms with Crippen molar-refractivity contribution in [2.45, 2.75) is 103 Å². The van der Waals surface area contributed by atoms with Crippen molar-refractivity contribution in [3.8, 4) is 0 Å². The molecule has 0 aromatic heterocycles. The van der Waals surface area contributed by atoms with Gasteiger partial charge in [0, 0.05) is 43.9 Å². The van der Waals surface area contributed by atoms with Crippen LogP contribution in [0.3, 0.4) is 0 Å². The van der Waals surface area contributed by atoms with Gasteiger partial charge in [0.25, 0.3) is 0 Å². The van der Waals surface area contributed by atoms with Crippen molar-refractivity contribution < 1.29 is 0 Å². The van der Waals surface area contributed by atoms with E-state index >= 15 is 0 Å². The highest BCUT2D eigenvalue weighted by molar-refractivity contribution is 5.84. The molecule has 1 aliphatic carbocycles. The first-order chi connectivity index (χ1) is 18.2. The van der Waals surface area contributed by atoms with Gasteiger partial charge in [0.05, 0.1) is 6.54 Å². The normalized spacial score (nSPS) is 24.6. The smallest absolute Gasteiger partial charge is 0.103 e. The average Bonchev–Trinajstić information content (AvgIpc) is 3.20. The highest BCUT2D eigenvalue weighted by Crippen LogP contribution is 2.23. The van der Waals surface area contributed by atoms with Crippen LogP contribution in [0.25, 0.3) is 0 Å². The van der Waals surface area contributed by atoms with Crippen molar-refractivity contribution in [3.63, 3.8) is 0 Å². The van der Waals surface area contributed by atoms with Crippen LogP contribution in [0.1, 0.15) is 95.1 Å². The third-order valence-corrected chi connectivity index (χ3v) is 8.07. The Morgan fingerprint density at radius 2 is 1.62 bits per heavy atom. The molecule has 3 aliphatic rings. The van der Waals surface area contributed by atoms with Gasteiger partial charge in [-0.05, 0) is 75.2 Å². The lowest BCUT2D eigenvalue weighted by molar-refractivity contribution is 0.363. The number of hydrogen-bond acceptors (Lipinski definition) is 5. The van der Waals surface area contributed by atoms with E-state index in [0.717, 1.165) is 57.4 Å². The molecule has 0 bridgehead atoms. The summed E-state index contributed by atoms with van der Waals surface area (Å²) in [6, 6.07) is 9.62. The van der Waals surface area contributed by atoms with Crippen LogP contribution in [-0.2, 0) is 13.1 Å². The third-order valence-electron chi connectivity index (χ3n) is 8.07. The van der Waals surface area contributed by atoms with E-state index in [1.807, 2.05) is 0 Å². The molecule has 204 valence electrons. The first kappa shape index (κ1) is 27.7. The predicted molar refractivity (Wildman–Crippen MR) is 156 cm³/mol. The van der Waals surface area contributed by atoms with Crippen molar-refractivity contribution in [2.75, 3.05) is 26.2 Å². The Bertz CT molecular complexity index is 902. The van der Waals surface area contributed by atoms with Crippen LogP contribution < -0.4 is 21.7 Å². The second-order valence-corrected chi connectivity index (χ2v) is 11.2. The summed E-state index contributed by atoms with van der Waals surface area (Å²) in [6.07, 6.45) is 17.4. The number of hydrogen-bond donors (Lipinski definition) is 4. The molecule has 2 heterocycles. The minimum atomic E-state index is 0.678. The van der Waals surface area contributed by atoms with Crippen LogP contribution in [0, 0.1) is 0 Å². The maximum absolute atomic E-state index is 6.39. The molecule has 5 N–H and O–H groups in total. The number of benzene rings is 1. The quantitative estimate of drug-likeness (QED) is 0.323. The van der Waals surface area contributed by atoms with Crippen LogP contribution in [0.4, 0.5) is 0 Å². The summed E-state index contributed by atoms with van der Waals surface area (Å²) in [5.41, 5.74) is 11.7. The fourth-order valence-electron chi connectivity index (χ4n) is 5.77. The van der Waals surface area contributed by atoms with E-state index in [4.69, 9.17) is 10.7 Å². The molecule has 0 amide bonds. The van der Waals surface area contributed by atoms with E-state index < -0.39 is 0 Å². The summed E-state index contributed by atoms with van der Waals surface area (Å²) in [4.78, 5) is 7.41. The van der Waals surface area contributed by atoms with Gasteiger partial charge >= 0.3 is 0 Å². The molecule has 2 aliphatic heterocycles. The monoisotopic (exact) mass is 506 g/mol. The maximum atomic E-state index is 6.39. The molecular weight excluding hydrogens is 456 g/mol. The van der Waals surface area contributed by atoms with Gasteiger partial charge in [-0.1, -0.05) is 56.4 Å². The van der Waals surface area contributed by atoms with Crippen molar-refractivity contribution in [1.29, 1.82) is 0 Å². The summed E-state index contributed by atoms with van der Waals surface area (Å²) < 4.78 is 0.